The number of methoxy groups -OCH3 is 1. The molecule has 0 saturated carbocycles. The molecule has 1 aromatic heterocycles. The molecule has 0 aliphatic heterocycles. The molecule has 3 rings (SSSR count). The van der Waals surface area contributed by atoms with E-state index in [0.29, 0.717) is 10.7 Å². The van der Waals surface area contributed by atoms with Crippen LogP contribution in [0.2, 0.25) is 0 Å². The summed E-state index contributed by atoms with van der Waals surface area (Å²) in [4.78, 5) is 4.37. The lowest BCUT2D eigenvalue weighted by atomic mass is 10.2. The van der Waals surface area contributed by atoms with E-state index < -0.39 is 24.2 Å². The summed E-state index contributed by atoms with van der Waals surface area (Å²) in [5.41, 5.74) is 4.74. The normalized spacial score (nSPS) is 13.2. The van der Waals surface area contributed by atoms with Gasteiger partial charge in [0.25, 0.3) is 6.17 Å². The molecule has 12 heteroatoms. The maximum atomic E-state index is 13.5. The number of aromatic nitrogens is 1. The van der Waals surface area contributed by atoms with E-state index in [1.54, 1.807) is 0 Å². The summed E-state index contributed by atoms with van der Waals surface area (Å²) in [6, 6.07) is 12.8. The average Bonchev–Trinajstić information content (AvgIpc) is 3.23. The molecule has 0 amide bonds. The van der Waals surface area contributed by atoms with E-state index >= 15 is 0 Å². The van der Waals surface area contributed by atoms with Crippen molar-refractivity contribution in [2.75, 3.05) is 12.5 Å². The number of alkyl halides is 6. The molecule has 0 fully saturated rings. The van der Waals surface area contributed by atoms with Crippen LogP contribution in [0.1, 0.15) is 5.56 Å². The monoisotopic (exact) mass is 475 g/mol. The van der Waals surface area contributed by atoms with Crippen LogP contribution in [0.25, 0.3) is 11.3 Å². The molecule has 0 spiro atoms. The third kappa shape index (κ3) is 5.69. The van der Waals surface area contributed by atoms with Gasteiger partial charge in [-0.2, -0.15) is 27.1 Å². The second-order valence-electron chi connectivity index (χ2n) is 6.25. The number of hydrogen-bond acceptors (Lipinski definition) is 6. The highest BCUT2D eigenvalue weighted by Gasteiger charge is 2.59. The highest BCUT2D eigenvalue weighted by Crippen LogP contribution is 2.39. The van der Waals surface area contributed by atoms with Crippen molar-refractivity contribution < 1.29 is 35.8 Å². The Morgan fingerprint density at radius 3 is 2.44 bits per heavy atom. The number of hydrogen-bond donors (Lipinski definition) is 1. The molecule has 0 aliphatic rings. The molecular formula is C20H15F6N3O2S. The highest BCUT2D eigenvalue weighted by molar-refractivity contribution is 7.14. The van der Waals surface area contributed by atoms with Crippen molar-refractivity contribution in [3.63, 3.8) is 0 Å². The van der Waals surface area contributed by atoms with Gasteiger partial charge in [-0.1, -0.05) is 30.3 Å². The Morgan fingerprint density at radius 1 is 1.06 bits per heavy atom. The van der Waals surface area contributed by atoms with Gasteiger partial charge in [-0.15, -0.1) is 11.3 Å². The molecule has 5 nitrogen and oxygen atoms in total. The Morgan fingerprint density at radius 2 is 1.78 bits per heavy atom. The number of nitrogens with one attached hydrogen (secondary N) is 1. The van der Waals surface area contributed by atoms with Crippen LogP contribution in [-0.2, 0) is 0 Å². The van der Waals surface area contributed by atoms with E-state index in [1.165, 1.54) is 29.7 Å². The van der Waals surface area contributed by atoms with Crippen molar-refractivity contribution in [2.45, 2.75) is 18.5 Å². The maximum absolute atomic E-state index is 13.5. The molecule has 0 bridgehead atoms. The topological polar surface area (TPSA) is 55.7 Å². The van der Waals surface area contributed by atoms with Gasteiger partial charge in [-0.25, -0.2) is 9.37 Å². The third-order valence-corrected chi connectivity index (χ3v) is 4.71. The smallest absolute Gasteiger partial charge is 0.439 e. The zero-order valence-corrected chi connectivity index (χ0v) is 17.1. The Labute approximate surface area is 182 Å². The molecule has 1 atom stereocenters. The van der Waals surface area contributed by atoms with Crippen LogP contribution in [0.15, 0.2) is 59.0 Å². The van der Waals surface area contributed by atoms with Crippen molar-refractivity contribution in [1.29, 1.82) is 0 Å². The fraction of sp³-hybridized carbons (Fsp3) is 0.200. The van der Waals surface area contributed by atoms with Crippen molar-refractivity contribution in [2.24, 2.45) is 5.10 Å². The molecule has 170 valence electrons. The lowest BCUT2D eigenvalue weighted by molar-refractivity contribution is -0.305. The first kappa shape index (κ1) is 23.4. The Hall–Kier alpha value is -3.28. The summed E-state index contributed by atoms with van der Waals surface area (Å²) >= 11 is 1.31. The lowest BCUT2D eigenvalue weighted by Gasteiger charge is -2.24. The van der Waals surface area contributed by atoms with Crippen molar-refractivity contribution >= 4 is 22.7 Å². The van der Waals surface area contributed by atoms with E-state index in [1.807, 2.05) is 35.7 Å². The molecule has 1 N–H and O–H groups in total. The first-order valence-electron chi connectivity index (χ1n) is 8.86. The van der Waals surface area contributed by atoms with Gasteiger partial charge in [0.2, 0.25) is 5.13 Å². The van der Waals surface area contributed by atoms with Crippen LogP contribution in [0.3, 0.4) is 0 Å². The SMILES string of the molecule is COc1cc(C=NNc2nc(-c3ccccc3)cs2)ccc1OC(F)(F)C(F)C(F)(F)F. The predicted molar refractivity (Wildman–Crippen MR) is 108 cm³/mol. The second kappa shape index (κ2) is 9.47. The summed E-state index contributed by atoms with van der Waals surface area (Å²) in [6.07, 6.45) is -14.1. The number of rotatable bonds is 8. The van der Waals surface area contributed by atoms with Gasteiger partial charge in [0.15, 0.2) is 11.5 Å². The van der Waals surface area contributed by atoms with Gasteiger partial charge in [0, 0.05) is 10.9 Å². The van der Waals surface area contributed by atoms with Gasteiger partial charge in [-0.05, 0) is 23.8 Å². The number of halogens is 6. The highest BCUT2D eigenvalue weighted by atomic mass is 32.1. The van der Waals surface area contributed by atoms with E-state index in [-0.39, 0.29) is 5.75 Å². The Balaban J connectivity index is 1.68. The van der Waals surface area contributed by atoms with Gasteiger partial charge in [0.1, 0.15) is 0 Å². The van der Waals surface area contributed by atoms with Gasteiger partial charge < -0.3 is 9.47 Å². The molecule has 3 aromatic rings. The molecule has 1 unspecified atom stereocenters. The summed E-state index contributed by atoms with van der Waals surface area (Å²) in [7, 11) is 1.09. The first-order chi connectivity index (χ1) is 15.1. The fourth-order valence-electron chi connectivity index (χ4n) is 2.47. The van der Waals surface area contributed by atoms with Crippen LogP contribution in [0.5, 0.6) is 11.5 Å². The van der Waals surface area contributed by atoms with Crippen LogP contribution < -0.4 is 14.9 Å². The molecule has 32 heavy (non-hydrogen) atoms. The minimum Gasteiger partial charge on any atom is -0.493 e. The molecule has 1 heterocycles. The van der Waals surface area contributed by atoms with Crippen molar-refractivity contribution in [3.05, 3.63) is 59.5 Å². The number of ether oxygens (including phenoxy) is 2. The predicted octanol–water partition coefficient (Wildman–Crippen LogP) is 6.14. The molecule has 0 aliphatic carbocycles. The van der Waals surface area contributed by atoms with E-state index in [2.05, 4.69) is 20.2 Å². The van der Waals surface area contributed by atoms with Gasteiger partial charge >= 0.3 is 12.3 Å². The van der Waals surface area contributed by atoms with Crippen LogP contribution in [0.4, 0.5) is 31.5 Å². The van der Waals surface area contributed by atoms with Gasteiger partial charge in [-0.3, -0.25) is 5.43 Å². The first-order valence-corrected chi connectivity index (χ1v) is 9.74. The standard InChI is InChI=1S/C20H15F6N3O2S/c1-30-16-9-12(7-8-15(16)31-20(25,26)17(21)19(22,23)24)10-27-29-18-28-14(11-32-18)13-5-3-2-4-6-13/h2-11,17H,1H3,(H,28,29). The number of thiazole rings is 1. The zero-order chi connectivity index (χ0) is 23.4. The Kier molecular flexibility index (Phi) is 6.92. The average molecular weight is 475 g/mol. The molecule has 2 aromatic carbocycles. The zero-order valence-electron chi connectivity index (χ0n) is 16.2. The molecular weight excluding hydrogens is 460 g/mol. The maximum Gasteiger partial charge on any atom is 0.439 e. The van der Waals surface area contributed by atoms with Crippen LogP contribution in [-0.4, -0.2) is 36.8 Å². The number of nitrogens with zero attached hydrogens (tertiary/aromatic N) is 2. The quantitative estimate of drug-likeness (QED) is 0.242. The summed E-state index contributed by atoms with van der Waals surface area (Å²) in [5, 5.41) is 6.31. The molecule has 0 saturated heterocycles. The van der Waals surface area contributed by atoms with E-state index in [4.69, 9.17) is 4.74 Å². The fourth-order valence-corrected chi connectivity index (χ4v) is 3.13. The third-order valence-electron chi connectivity index (χ3n) is 3.96. The summed E-state index contributed by atoms with van der Waals surface area (Å²) in [5.74, 6) is -1.09. The van der Waals surface area contributed by atoms with Crippen molar-refractivity contribution in [1.82, 2.24) is 4.98 Å². The van der Waals surface area contributed by atoms with E-state index in [0.717, 1.165) is 24.4 Å². The largest absolute Gasteiger partial charge is 0.493 e. The second-order valence-corrected chi connectivity index (χ2v) is 7.11. The minimum absolute atomic E-state index is 0.330. The van der Waals surface area contributed by atoms with E-state index in [9.17, 15) is 26.3 Å². The number of anilines is 1. The summed E-state index contributed by atoms with van der Waals surface area (Å²) < 4.78 is 85.7. The minimum atomic E-state index is -5.79. The van der Waals surface area contributed by atoms with Gasteiger partial charge in [0.05, 0.1) is 19.0 Å². The molecule has 0 radical (unpaired) electrons. The van der Waals surface area contributed by atoms with Crippen LogP contribution in [0, 0.1) is 0 Å². The number of benzene rings is 2. The Bertz CT molecular complexity index is 1070. The van der Waals surface area contributed by atoms with Crippen molar-refractivity contribution in [3.8, 4) is 22.8 Å². The lowest BCUT2D eigenvalue weighted by Crippen LogP contribution is -2.45. The van der Waals surface area contributed by atoms with Crippen LogP contribution >= 0.6 is 11.3 Å². The summed E-state index contributed by atoms with van der Waals surface area (Å²) in [6.45, 7) is 0. The number of hydrazone groups is 1.